The third kappa shape index (κ3) is 4.12. The molecule has 3 aromatic rings. The van der Waals surface area contributed by atoms with E-state index in [2.05, 4.69) is 10.1 Å². The van der Waals surface area contributed by atoms with Crippen LogP contribution in [0.4, 0.5) is 0 Å². The lowest BCUT2D eigenvalue weighted by atomic mass is 9.93. The van der Waals surface area contributed by atoms with Crippen LogP contribution in [0.15, 0.2) is 67.4 Å². The second-order valence-electron chi connectivity index (χ2n) is 7.70. The summed E-state index contributed by atoms with van der Waals surface area (Å²) < 4.78 is 1.69. The van der Waals surface area contributed by atoms with E-state index in [0.717, 1.165) is 22.4 Å². The topological polar surface area (TPSA) is 71.3 Å². The van der Waals surface area contributed by atoms with Crippen LogP contribution in [0.3, 0.4) is 0 Å². The zero-order chi connectivity index (χ0) is 22.0. The van der Waals surface area contributed by atoms with Crippen LogP contribution in [-0.4, -0.2) is 43.4 Å². The molecule has 0 N–H and O–H groups in total. The van der Waals surface area contributed by atoms with Gasteiger partial charge in [-0.25, -0.2) is 9.67 Å². The molecule has 1 aromatic heterocycles. The summed E-state index contributed by atoms with van der Waals surface area (Å²) in [6.07, 6.45) is 7.05. The van der Waals surface area contributed by atoms with Crippen molar-refractivity contribution in [2.75, 3.05) is 7.05 Å². The van der Waals surface area contributed by atoms with Crippen LogP contribution in [0.2, 0.25) is 0 Å². The molecule has 0 saturated carbocycles. The van der Waals surface area contributed by atoms with Crippen molar-refractivity contribution in [3.05, 3.63) is 84.1 Å². The minimum absolute atomic E-state index is 0.0193. The molecule has 31 heavy (non-hydrogen) atoms. The number of carbonyl (C=O) groups is 2. The predicted octanol–water partition coefficient (Wildman–Crippen LogP) is 3.75. The Kier molecular flexibility index (Phi) is 5.66. The molecular weight excluding hydrogens is 390 g/mol. The first kappa shape index (κ1) is 20.5. The van der Waals surface area contributed by atoms with Crippen LogP contribution in [0.1, 0.15) is 49.0 Å². The summed E-state index contributed by atoms with van der Waals surface area (Å²) in [5.41, 5.74) is 3.96. The Balaban J connectivity index is 1.51. The van der Waals surface area contributed by atoms with Gasteiger partial charge in [-0.15, -0.1) is 0 Å². The molecule has 7 nitrogen and oxygen atoms in total. The Labute approximate surface area is 181 Å². The third-order valence-electron chi connectivity index (χ3n) is 5.87. The van der Waals surface area contributed by atoms with E-state index in [4.69, 9.17) is 0 Å². The highest BCUT2D eigenvalue weighted by atomic mass is 16.2. The Morgan fingerprint density at radius 1 is 1.13 bits per heavy atom. The van der Waals surface area contributed by atoms with Gasteiger partial charge in [0, 0.05) is 20.2 Å². The maximum Gasteiger partial charge on any atom is 0.225 e. The summed E-state index contributed by atoms with van der Waals surface area (Å²) in [5.74, 6) is -0.0999. The highest BCUT2D eigenvalue weighted by Crippen LogP contribution is 2.34. The molecule has 0 bridgehead atoms. The number of rotatable bonds is 5. The van der Waals surface area contributed by atoms with Gasteiger partial charge in [-0.1, -0.05) is 36.4 Å². The maximum absolute atomic E-state index is 13.2. The third-order valence-corrected chi connectivity index (χ3v) is 5.87. The van der Waals surface area contributed by atoms with Gasteiger partial charge in [-0.05, 0) is 41.8 Å². The van der Waals surface area contributed by atoms with E-state index in [-0.39, 0.29) is 30.3 Å². The lowest BCUT2D eigenvalue weighted by Gasteiger charge is -2.34. The standard InChI is InChI=1S/C24H25N5O2/c1-17(19-8-10-21(11-9-19)29-16-25-15-26-29)27(3)24(31)14-23-22-7-5-4-6-20(22)12-13-28(23)18(2)30/h4-13,15-17,23H,14H2,1-3H3/t17-,23-/m1/s1. The lowest BCUT2D eigenvalue weighted by molar-refractivity contribution is -0.135. The van der Waals surface area contributed by atoms with Crippen molar-refractivity contribution in [2.24, 2.45) is 0 Å². The number of benzene rings is 2. The minimum Gasteiger partial charge on any atom is -0.339 e. The molecule has 0 radical (unpaired) electrons. The Hall–Kier alpha value is -3.74. The molecular formula is C24H25N5O2. The number of carbonyl (C=O) groups excluding carboxylic acids is 2. The zero-order valence-electron chi connectivity index (χ0n) is 17.8. The summed E-state index contributed by atoms with van der Waals surface area (Å²) in [7, 11) is 1.81. The quantitative estimate of drug-likeness (QED) is 0.636. The first-order chi connectivity index (χ1) is 15.0. The molecule has 0 saturated heterocycles. The molecule has 0 spiro atoms. The smallest absolute Gasteiger partial charge is 0.225 e. The second-order valence-corrected chi connectivity index (χ2v) is 7.70. The van der Waals surface area contributed by atoms with Crippen LogP contribution in [0.25, 0.3) is 11.8 Å². The predicted molar refractivity (Wildman–Crippen MR) is 118 cm³/mol. The van der Waals surface area contributed by atoms with Crippen molar-refractivity contribution in [3.63, 3.8) is 0 Å². The van der Waals surface area contributed by atoms with Gasteiger partial charge in [0.25, 0.3) is 0 Å². The second kappa shape index (κ2) is 8.55. The number of aromatic nitrogens is 3. The Morgan fingerprint density at radius 3 is 2.55 bits per heavy atom. The number of hydrogen-bond acceptors (Lipinski definition) is 4. The van der Waals surface area contributed by atoms with Gasteiger partial charge >= 0.3 is 0 Å². The Morgan fingerprint density at radius 2 is 1.87 bits per heavy atom. The normalized spacial score (nSPS) is 16.0. The van der Waals surface area contributed by atoms with Gasteiger partial charge in [0.1, 0.15) is 12.7 Å². The fraction of sp³-hybridized carbons (Fsp3) is 0.250. The van der Waals surface area contributed by atoms with Crippen molar-refractivity contribution in [1.29, 1.82) is 0 Å². The molecule has 0 fully saturated rings. The van der Waals surface area contributed by atoms with Crippen LogP contribution in [-0.2, 0) is 9.59 Å². The monoisotopic (exact) mass is 415 g/mol. The van der Waals surface area contributed by atoms with E-state index in [1.165, 1.54) is 13.3 Å². The molecule has 1 aliphatic rings. The Bertz CT molecular complexity index is 1110. The van der Waals surface area contributed by atoms with Crippen LogP contribution in [0, 0.1) is 0 Å². The molecule has 0 unspecified atom stereocenters. The molecule has 2 heterocycles. The molecule has 0 aliphatic carbocycles. The number of nitrogens with zero attached hydrogens (tertiary/aromatic N) is 5. The van der Waals surface area contributed by atoms with Gasteiger partial charge in [0.2, 0.25) is 11.8 Å². The summed E-state index contributed by atoms with van der Waals surface area (Å²) in [5, 5.41) is 4.13. The molecule has 4 rings (SSSR count). The molecule has 2 atom stereocenters. The van der Waals surface area contributed by atoms with Gasteiger partial charge in [0.15, 0.2) is 0 Å². The van der Waals surface area contributed by atoms with E-state index in [0.29, 0.717) is 0 Å². The van der Waals surface area contributed by atoms with E-state index >= 15 is 0 Å². The van der Waals surface area contributed by atoms with Crippen molar-refractivity contribution in [2.45, 2.75) is 32.4 Å². The highest BCUT2D eigenvalue weighted by Gasteiger charge is 2.30. The van der Waals surface area contributed by atoms with Crippen LogP contribution in [0.5, 0.6) is 0 Å². The summed E-state index contributed by atoms with van der Waals surface area (Å²) in [4.78, 5) is 32.7. The molecule has 1 aliphatic heterocycles. The average molecular weight is 415 g/mol. The van der Waals surface area contributed by atoms with Crippen LogP contribution < -0.4 is 0 Å². The van der Waals surface area contributed by atoms with Gasteiger partial charge in [-0.3, -0.25) is 9.59 Å². The highest BCUT2D eigenvalue weighted by molar-refractivity contribution is 5.82. The SMILES string of the molecule is CC(=O)N1C=Cc2ccccc2[C@H]1CC(=O)N(C)[C@H](C)c1ccc(-n2cncn2)cc1. The van der Waals surface area contributed by atoms with E-state index < -0.39 is 0 Å². The zero-order valence-corrected chi connectivity index (χ0v) is 17.8. The van der Waals surface area contributed by atoms with E-state index in [1.807, 2.05) is 61.5 Å². The fourth-order valence-corrected chi connectivity index (χ4v) is 3.91. The van der Waals surface area contributed by atoms with Crippen molar-refractivity contribution in [1.82, 2.24) is 24.6 Å². The molecule has 7 heteroatoms. The largest absolute Gasteiger partial charge is 0.339 e. The lowest BCUT2D eigenvalue weighted by Crippen LogP contribution is -2.36. The molecule has 158 valence electrons. The van der Waals surface area contributed by atoms with E-state index in [1.54, 1.807) is 34.1 Å². The van der Waals surface area contributed by atoms with Gasteiger partial charge < -0.3 is 9.80 Å². The van der Waals surface area contributed by atoms with Crippen LogP contribution >= 0.6 is 0 Å². The summed E-state index contributed by atoms with van der Waals surface area (Å²) >= 11 is 0. The number of amides is 2. The summed E-state index contributed by atoms with van der Waals surface area (Å²) in [6.45, 7) is 3.53. The first-order valence-corrected chi connectivity index (χ1v) is 10.2. The van der Waals surface area contributed by atoms with Crippen molar-refractivity contribution < 1.29 is 9.59 Å². The molecule has 2 amide bonds. The maximum atomic E-state index is 13.2. The molecule has 2 aromatic carbocycles. The average Bonchev–Trinajstić information content (AvgIpc) is 3.33. The van der Waals surface area contributed by atoms with Crippen molar-refractivity contribution in [3.8, 4) is 5.69 Å². The fourth-order valence-electron chi connectivity index (χ4n) is 3.91. The summed E-state index contributed by atoms with van der Waals surface area (Å²) in [6, 6.07) is 15.4. The van der Waals surface area contributed by atoms with Crippen molar-refractivity contribution >= 4 is 17.9 Å². The number of fused-ring (bicyclic) bond motifs is 1. The van der Waals surface area contributed by atoms with Gasteiger partial charge in [-0.2, -0.15) is 5.10 Å². The van der Waals surface area contributed by atoms with E-state index in [9.17, 15) is 9.59 Å². The first-order valence-electron chi connectivity index (χ1n) is 10.2. The number of hydrogen-bond donors (Lipinski definition) is 0. The van der Waals surface area contributed by atoms with Gasteiger partial charge in [0.05, 0.1) is 24.2 Å². The minimum atomic E-state index is -0.310.